The fraction of sp³-hybridized carbons (Fsp3) is 0.167. The molecule has 1 aromatic heterocycles. The highest BCUT2D eigenvalue weighted by Crippen LogP contribution is 2.35. The second-order valence-corrected chi connectivity index (χ2v) is 4.71. The number of hydrogen-bond acceptors (Lipinski definition) is 4. The molecule has 3 nitrogen and oxygen atoms in total. The smallest absolute Gasteiger partial charge is 0.143 e. The molecule has 2 aromatic rings. The molecule has 0 saturated heterocycles. The molecule has 0 aliphatic carbocycles. The summed E-state index contributed by atoms with van der Waals surface area (Å²) in [6, 6.07) is 7.15. The van der Waals surface area contributed by atoms with Gasteiger partial charge in [-0.25, -0.2) is 0 Å². The lowest BCUT2D eigenvalue weighted by atomic mass is 9.98. The molecule has 0 amide bonds. The highest BCUT2D eigenvalue weighted by molar-refractivity contribution is 7.10. The average Bonchev–Trinajstić information content (AvgIpc) is 2.77. The lowest BCUT2D eigenvalue weighted by Crippen LogP contribution is -2.12. The van der Waals surface area contributed by atoms with Gasteiger partial charge in [-0.15, -0.1) is 23.7 Å². The van der Waals surface area contributed by atoms with E-state index in [1.807, 2.05) is 30.5 Å². The first-order valence-electron chi connectivity index (χ1n) is 4.98. The van der Waals surface area contributed by atoms with Crippen LogP contribution in [0.25, 0.3) is 0 Å². The molecule has 92 valence electrons. The van der Waals surface area contributed by atoms with Crippen LogP contribution < -0.4 is 11.5 Å². The van der Waals surface area contributed by atoms with Crippen molar-refractivity contribution in [2.24, 2.45) is 5.73 Å². The zero-order valence-corrected chi connectivity index (χ0v) is 11.0. The molecule has 0 aliphatic heterocycles. The number of aromatic hydroxyl groups is 1. The molecule has 2 rings (SSSR count). The van der Waals surface area contributed by atoms with Gasteiger partial charge in [-0.2, -0.15) is 0 Å². The summed E-state index contributed by atoms with van der Waals surface area (Å²) < 4.78 is 0. The highest BCUT2D eigenvalue weighted by atomic mass is 35.5. The van der Waals surface area contributed by atoms with Crippen molar-refractivity contribution >= 4 is 29.4 Å². The Hall–Kier alpha value is -1.23. The Morgan fingerprint density at radius 2 is 2.00 bits per heavy atom. The maximum atomic E-state index is 9.95. The van der Waals surface area contributed by atoms with Crippen LogP contribution in [0.4, 0.5) is 5.69 Å². The summed E-state index contributed by atoms with van der Waals surface area (Å²) in [5, 5.41) is 11.9. The number of halogens is 1. The van der Waals surface area contributed by atoms with Crippen LogP contribution in [0.2, 0.25) is 0 Å². The highest BCUT2D eigenvalue weighted by Gasteiger charge is 2.18. The molecular formula is C12H15ClN2OS. The Bertz CT molecular complexity index is 499. The van der Waals surface area contributed by atoms with Gasteiger partial charge in [0.2, 0.25) is 0 Å². The number of phenols is 1. The molecule has 0 aliphatic rings. The summed E-state index contributed by atoms with van der Waals surface area (Å²) in [5.41, 5.74) is 13.8. The molecule has 5 heteroatoms. The largest absolute Gasteiger partial charge is 0.505 e. The monoisotopic (exact) mass is 270 g/mol. The predicted octanol–water partition coefficient (Wildman–Crippen LogP) is 2.81. The summed E-state index contributed by atoms with van der Waals surface area (Å²) in [6.45, 7) is 1.92. The second-order valence-electron chi connectivity index (χ2n) is 3.73. The van der Waals surface area contributed by atoms with Crippen molar-refractivity contribution in [1.82, 2.24) is 0 Å². The van der Waals surface area contributed by atoms with Crippen molar-refractivity contribution in [3.05, 3.63) is 45.6 Å². The van der Waals surface area contributed by atoms with E-state index in [0.717, 1.165) is 10.4 Å². The lowest BCUT2D eigenvalue weighted by Gasteiger charge is -2.16. The molecule has 1 heterocycles. The Labute approximate surface area is 110 Å². The third kappa shape index (κ3) is 2.54. The maximum Gasteiger partial charge on any atom is 0.143 e. The van der Waals surface area contributed by atoms with E-state index in [4.69, 9.17) is 11.5 Å². The Kier molecular flexibility index (Phi) is 4.40. The topological polar surface area (TPSA) is 72.3 Å². The first-order chi connectivity index (χ1) is 7.61. The van der Waals surface area contributed by atoms with Crippen molar-refractivity contribution in [2.45, 2.75) is 13.0 Å². The van der Waals surface area contributed by atoms with Crippen molar-refractivity contribution in [3.63, 3.8) is 0 Å². The van der Waals surface area contributed by atoms with Gasteiger partial charge in [0.1, 0.15) is 5.75 Å². The molecular weight excluding hydrogens is 256 g/mol. The van der Waals surface area contributed by atoms with Gasteiger partial charge in [0.05, 0.1) is 11.7 Å². The van der Waals surface area contributed by atoms with Gasteiger partial charge in [0.25, 0.3) is 0 Å². The number of hydrogen-bond donors (Lipinski definition) is 3. The summed E-state index contributed by atoms with van der Waals surface area (Å²) in [4.78, 5) is 1.02. The average molecular weight is 271 g/mol. The van der Waals surface area contributed by atoms with Crippen LogP contribution in [-0.4, -0.2) is 5.11 Å². The first kappa shape index (κ1) is 13.8. The zero-order chi connectivity index (χ0) is 11.7. The number of benzene rings is 1. The third-order valence-corrected chi connectivity index (χ3v) is 3.58. The SMILES string of the molecule is Cc1ccc(N)c(O)c1[C@@H](N)c1cccs1.Cl. The van der Waals surface area contributed by atoms with Gasteiger partial charge in [-0.3, -0.25) is 0 Å². The summed E-state index contributed by atoms with van der Waals surface area (Å²) in [7, 11) is 0. The Morgan fingerprint density at radius 3 is 2.59 bits per heavy atom. The predicted molar refractivity (Wildman–Crippen MR) is 74.9 cm³/mol. The molecule has 0 spiro atoms. The van der Waals surface area contributed by atoms with E-state index < -0.39 is 0 Å². The lowest BCUT2D eigenvalue weighted by molar-refractivity contribution is 0.467. The Balaban J connectivity index is 0.00000144. The first-order valence-corrected chi connectivity index (χ1v) is 5.86. The van der Waals surface area contributed by atoms with Crippen molar-refractivity contribution < 1.29 is 5.11 Å². The molecule has 5 N–H and O–H groups in total. The maximum absolute atomic E-state index is 9.95. The fourth-order valence-electron chi connectivity index (χ4n) is 1.73. The number of anilines is 1. The van der Waals surface area contributed by atoms with Crippen LogP contribution in [0.5, 0.6) is 5.75 Å². The van der Waals surface area contributed by atoms with Crippen LogP contribution in [0, 0.1) is 6.92 Å². The van der Waals surface area contributed by atoms with E-state index in [1.165, 1.54) is 0 Å². The second kappa shape index (κ2) is 5.40. The minimum absolute atomic E-state index is 0. The van der Waals surface area contributed by atoms with E-state index >= 15 is 0 Å². The van der Waals surface area contributed by atoms with Gasteiger partial charge in [-0.1, -0.05) is 12.1 Å². The van der Waals surface area contributed by atoms with Gasteiger partial charge in [0.15, 0.2) is 0 Å². The molecule has 0 unspecified atom stereocenters. The van der Waals surface area contributed by atoms with E-state index in [2.05, 4.69) is 0 Å². The van der Waals surface area contributed by atoms with Crippen molar-refractivity contribution in [2.75, 3.05) is 5.73 Å². The van der Waals surface area contributed by atoms with Crippen LogP contribution in [0.15, 0.2) is 29.6 Å². The standard InChI is InChI=1S/C12H14N2OS.ClH/c1-7-4-5-8(13)12(15)10(7)11(14)9-3-2-6-16-9;/h2-6,11,15H,13-14H2,1H3;1H/t11-;/m0./s1. The van der Waals surface area contributed by atoms with Crippen LogP contribution in [-0.2, 0) is 0 Å². The minimum Gasteiger partial charge on any atom is -0.505 e. The molecule has 0 radical (unpaired) electrons. The van der Waals surface area contributed by atoms with Crippen LogP contribution >= 0.6 is 23.7 Å². The number of nitrogen functional groups attached to an aromatic ring is 1. The van der Waals surface area contributed by atoms with Crippen LogP contribution in [0.1, 0.15) is 22.0 Å². The number of aryl methyl sites for hydroxylation is 1. The van der Waals surface area contributed by atoms with E-state index in [0.29, 0.717) is 11.3 Å². The van der Waals surface area contributed by atoms with Gasteiger partial charge < -0.3 is 16.6 Å². The molecule has 0 saturated carbocycles. The number of thiophene rings is 1. The number of phenolic OH excluding ortho intramolecular Hbond substituents is 1. The number of rotatable bonds is 2. The summed E-state index contributed by atoms with van der Waals surface area (Å²) in [6.07, 6.45) is 0. The molecule has 17 heavy (non-hydrogen) atoms. The van der Waals surface area contributed by atoms with Crippen molar-refractivity contribution in [1.29, 1.82) is 0 Å². The third-order valence-electron chi connectivity index (χ3n) is 2.63. The molecule has 0 bridgehead atoms. The Morgan fingerprint density at radius 1 is 1.29 bits per heavy atom. The minimum atomic E-state index is -0.316. The summed E-state index contributed by atoms with van der Waals surface area (Å²) >= 11 is 1.57. The fourth-order valence-corrected chi connectivity index (χ4v) is 2.46. The van der Waals surface area contributed by atoms with Gasteiger partial charge >= 0.3 is 0 Å². The zero-order valence-electron chi connectivity index (χ0n) is 9.38. The van der Waals surface area contributed by atoms with Crippen LogP contribution in [0.3, 0.4) is 0 Å². The van der Waals surface area contributed by atoms with Gasteiger partial charge in [-0.05, 0) is 30.0 Å². The normalized spacial score (nSPS) is 11.9. The molecule has 1 atom stereocenters. The van der Waals surface area contributed by atoms with E-state index in [1.54, 1.807) is 17.4 Å². The van der Waals surface area contributed by atoms with Gasteiger partial charge in [0, 0.05) is 10.4 Å². The van der Waals surface area contributed by atoms with E-state index in [9.17, 15) is 5.11 Å². The molecule has 0 fully saturated rings. The number of nitrogens with two attached hydrogens (primary N) is 2. The van der Waals surface area contributed by atoms with Crippen molar-refractivity contribution in [3.8, 4) is 5.75 Å². The molecule has 1 aromatic carbocycles. The quantitative estimate of drug-likeness (QED) is 0.580. The van der Waals surface area contributed by atoms with E-state index in [-0.39, 0.29) is 24.2 Å². The summed E-state index contributed by atoms with van der Waals surface area (Å²) in [5.74, 6) is 0.0981.